The number of hydrogen-bond acceptors (Lipinski definition) is 4. The average Bonchev–Trinajstić information content (AvgIpc) is 2.21. The highest BCUT2D eigenvalue weighted by atomic mass is 32.1. The molecule has 1 rings (SSSR count). The van der Waals surface area contributed by atoms with Gasteiger partial charge >= 0.3 is 5.97 Å². The van der Waals surface area contributed by atoms with Gasteiger partial charge < -0.3 is 4.74 Å². The first-order chi connectivity index (χ1) is 7.10. The maximum atomic E-state index is 11.5. The van der Waals surface area contributed by atoms with E-state index in [1.165, 1.54) is 0 Å². The Hall–Kier alpha value is -1.47. The Balaban J connectivity index is 3.17. The number of benzene rings is 1. The Morgan fingerprint density at radius 3 is 2.80 bits per heavy atom. The summed E-state index contributed by atoms with van der Waals surface area (Å²) in [5, 5.41) is 8.78. The number of carbonyl (C=O) groups excluding carboxylic acids is 1. The maximum absolute atomic E-state index is 11.5. The molecule has 0 atom stereocenters. The van der Waals surface area contributed by atoms with E-state index in [2.05, 4.69) is 12.6 Å². The van der Waals surface area contributed by atoms with E-state index in [1.807, 2.05) is 6.07 Å². The van der Waals surface area contributed by atoms with Crippen LogP contribution in [0.4, 0.5) is 0 Å². The molecule has 0 bridgehead atoms. The highest BCUT2D eigenvalue weighted by Gasteiger charge is 2.12. The molecule has 0 aromatic heterocycles. The van der Waals surface area contributed by atoms with Crippen LogP contribution >= 0.6 is 12.6 Å². The van der Waals surface area contributed by atoms with Gasteiger partial charge in [-0.05, 0) is 31.5 Å². The lowest BCUT2D eigenvalue weighted by atomic mass is 10.1. The molecule has 0 aliphatic heterocycles. The summed E-state index contributed by atoms with van der Waals surface area (Å²) in [6.07, 6.45) is 0. The number of carbonyl (C=O) groups is 1. The number of nitriles is 1. The second-order valence-electron chi connectivity index (χ2n) is 3.02. The van der Waals surface area contributed by atoms with E-state index in [4.69, 9.17) is 10.00 Å². The molecule has 15 heavy (non-hydrogen) atoms. The van der Waals surface area contributed by atoms with Crippen molar-refractivity contribution in [3.8, 4) is 6.07 Å². The van der Waals surface area contributed by atoms with Gasteiger partial charge in [0, 0.05) is 4.90 Å². The van der Waals surface area contributed by atoms with Crippen LogP contribution in [0.2, 0.25) is 0 Å². The minimum Gasteiger partial charge on any atom is -0.462 e. The van der Waals surface area contributed by atoms with Crippen molar-refractivity contribution in [1.82, 2.24) is 0 Å². The molecule has 1 aromatic carbocycles. The molecule has 0 unspecified atom stereocenters. The molecular formula is C11H11NO2S. The molecule has 1 aromatic rings. The zero-order valence-electron chi connectivity index (χ0n) is 8.57. The van der Waals surface area contributed by atoms with Crippen LogP contribution in [-0.4, -0.2) is 12.6 Å². The summed E-state index contributed by atoms with van der Waals surface area (Å²) in [7, 11) is 0. The molecule has 0 N–H and O–H groups in total. The molecule has 78 valence electrons. The van der Waals surface area contributed by atoms with Gasteiger partial charge in [-0.1, -0.05) is 0 Å². The van der Waals surface area contributed by atoms with Gasteiger partial charge in [-0.25, -0.2) is 4.79 Å². The smallest absolute Gasteiger partial charge is 0.339 e. The molecule has 0 radical (unpaired) electrons. The van der Waals surface area contributed by atoms with E-state index >= 15 is 0 Å². The van der Waals surface area contributed by atoms with E-state index in [1.54, 1.807) is 26.0 Å². The number of rotatable bonds is 2. The lowest BCUT2D eigenvalue weighted by molar-refractivity contribution is 0.0522. The minimum absolute atomic E-state index is 0.325. The predicted molar refractivity (Wildman–Crippen MR) is 59.1 cm³/mol. The quantitative estimate of drug-likeness (QED) is 0.616. The summed E-state index contributed by atoms with van der Waals surface area (Å²) in [4.78, 5) is 11.9. The molecule has 4 heteroatoms. The van der Waals surface area contributed by atoms with Gasteiger partial charge in [-0.2, -0.15) is 5.26 Å². The van der Waals surface area contributed by atoms with Crippen LogP contribution in [0.1, 0.15) is 28.4 Å². The summed E-state index contributed by atoms with van der Waals surface area (Å²) in [5.41, 5.74) is 1.67. The highest BCUT2D eigenvalue weighted by Crippen LogP contribution is 2.20. The maximum Gasteiger partial charge on any atom is 0.339 e. The summed E-state index contributed by atoms with van der Waals surface area (Å²) in [6, 6.07) is 5.23. The van der Waals surface area contributed by atoms with E-state index < -0.39 is 5.97 Å². The summed E-state index contributed by atoms with van der Waals surface area (Å²) in [6.45, 7) is 3.84. The number of esters is 1. The molecule has 0 saturated heterocycles. The molecule has 0 heterocycles. The minimum atomic E-state index is -0.407. The van der Waals surface area contributed by atoms with Crippen LogP contribution in [0, 0.1) is 18.3 Å². The second kappa shape index (κ2) is 4.85. The van der Waals surface area contributed by atoms with Crippen molar-refractivity contribution in [2.75, 3.05) is 6.61 Å². The molecule has 0 aliphatic rings. The fourth-order valence-corrected chi connectivity index (χ4v) is 1.47. The lowest BCUT2D eigenvalue weighted by Gasteiger charge is -2.06. The fourth-order valence-electron chi connectivity index (χ4n) is 1.19. The van der Waals surface area contributed by atoms with E-state index in [-0.39, 0.29) is 0 Å². The third kappa shape index (κ3) is 2.51. The molecule has 3 nitrogen and oxygen atoms in total. The van der Waals surface area contributed by atoms with Gasteiger partial charge in [0.15, 0.2) is 0 Å². The molecular weight excluding hydrogens is 210 g/mol. The Morgan fingerprint density at radius 1 is 1.60 bits per heavy atom. The first kappa shape index (κ1) is 11.6. The first-order valence-corrected chi connectivity index (χ1v) is 4.95. The summed E-state index contributed by atoms with van der Waals surface area (Å²) in [5.74, 6) is -0.407. The fraction of sp³-hybridized carbons (Fsp3) is 0.273. The number of nitrogens with zero attached hydrogens (tertiary/aromatic N) is 1. The SMILES string of the molecule is CCOC(=O)c1cc(C)c(C#N)cc1S. The number of aryl methyl sites for hydroxylation is 1. The van der Waals surface area contributed by atoms with Crippen molar-refractivity contribution in [2.45, 2.75) is 18.7 Å². The van der Waals surface area contributed by atoms with Crippen molar-refractivity contribution in [1.29, 1.82) is 5.26 Å². The van der Waals surface area contributed by atoms with Crippen molar-refractivity contribution in [3.05, 3.63) is 28.8 Å². The third-order valence-electron chi connectivity index (χ3n) is 1.96. The average molecular weight is 221 g/mol. The van der Waals surface area contributed by atoms with Gasteiger partial charge in [0.1, 0.15) is 0 Å². The normalized spacial score (nSPS) is 9.47. The number of hydrogen-bond donors (Lipinski definition) is 1. The van der Waals surface area contributed by atoms with Gasteiger partial charge in [-0.3, -0.25) is 0 Å². The molecule has 0 spiro atoms. The van der Waals surface area contributed by atoms with Crippen LogP contribution in [-0.2, 0) is 4.74 Å². The molecule has 0 saturated carbocycles. The van der Waals surface area contributed by atoms with Crippen LogP contribution in [0.15, 0.2) is 17.0 Å². The topological polar surface area (TPSA) is 50.1 Å². The Bertz CT molecular complexity index is 435. The Labute approximate surface area is 94.1 Å². The third-order valence-corrected chi connectivity index (χ3v) is 2.33. The lowest BCUT2D eigenvalue weighted by Crippen LogP contribution is -2.06. The van der Waals surface area contributed by atoms with E-state index in [0.717, 1.165) is 5.56 Å². The van der Waals surface area contributed by atoms with E-state index in [9.17, 15) is 4.79 Å². The monoisotopic (exact) mass is 221 g/mol. The van der Waals surface area contributed by atoms with Crippen molar-refractivity contribution in [3.63, 3.8) is 0 Å². The highest BCUT2D eigenvalue weighted by molar-refractivity contribution is 7.80. The Morgan fingerprint density at radius 2 is 2.27 bits per heavy atom. The zero-order valence-corrected chi connectivity index (χ0v) is 9.47. The van der Waals surface area contributed by atoms with Gasteiger partial charge in [0.25, 0.3) is 0 Å². The summed E-state index contributed by atoms with van der Waals surface area (Å²) < 4.78 is 4.87. The van der Waals surface area contributed by atoms with Gasteiger partial charge in [0.2, 0.25) is 0 Å². The van der Waals surface area contributed by atoms with Crippen molar-refractivity contribution < 1.29 is 9.53 Å². The number of thiol groups is 1. The first-order valence-electron chi connectivity index (χ1n) is 4.51. The van der Waals surface area contributed by atoms with Crippen molar-refractivity contribution >= 4 is 18.6 Å². The van der Waals surface area contributed by atoms with Crippen LogP contribution in [0.5, 0.6) is 0 Å². The molecule has 0 aliphatic carbocycles. The van der Waals surface area contributed by atoms with Crippen LogP contribution < -0.4 is 0 Å². The van der Waals surface area contributed by atoms with Crippen LogP contribution in [0.25, 0.3) is 0 Å². The largest absolute Gasteiger partial charge is 0.462 e. The Kier molecular flexibility index (Phi) is 3.75. The zero-order chi connectivity index (χ0) is 11.4. The van der Waals surface area contributed by atoms with Gasteiger partial charge in [-0.15, -0.1) is 12.6 Å². The predicted octanol–water partition coefficient (Wildman–Crippen LogP) is 2.33. The van der Waals surface area contributed by atoms with Crippen molar-refractivity contribution in [2.24, 2.45) is 0 Å². The molecule has 0 amide bonds. The second-order valence-corrected chi connectivity index (χ2v) is 3.50. The number of ether oxygens (including phenoxy) is 1. The summed E-state index contributed by atoms with van der Waals surface area (Å²) >= 11 is 4.15. The van der Waals surface area contributed by atoms with Gasteiger partial charge in [0.05, 0.1) is 23.8 Å². The molecule has 0 fully saturated rings. The van der Waals surface area contributed by atoms with E-state index in [0.29, 0.717) is 22.6 Å². The van der Waals surface area contributed by atoms with Crippen LogP contribution in [0.3, 0.4) is 0 Å². The standard InChI is InChI=1S/C11H11NO2S/c1-3-14-11(13)9-4-7(2)8(6-12)5-10(9)15/h4-5,15H,3H2,1-2H3.